The molecule has 0 aliphatic carbocycles. The topological polar surface area (TPSA) is 189 Å². The number of ether oxygens (including phenoxy) is 5. The molecule has 37 heavy (non-hydrogen) atoms. The van der Waals surface area contributed by atoms with Crippen LogP contribution in [0.4, 0.5) is 0 Å². The van der Waals surface area contributed by atoms with Crippen molar-refractivity contribution >= 4 is 37.4 Å². The summed E-state index contributed by atoms with van der Waals surface area (Å²) in [5, 5.41) is 0. The Hall–Kier alpha value is -3.80. The van der Waals surface area contributed by atoms with E-state index in [1.165, 1.54) is 13.8 Å². The summed E-state index contributed by atoms with van der Waals surface area (Å²) in [5.41, 5.74) is -0.551. The Morgan fingerprint density at radius 1 is 0.649 bits per heavy atom. The van der Waals surface area contributed by atoms with Gasteiger partial charge in [0.15, 0.2) is 0 Å². The molecule has 0 heterocycles. The minimum atomic E-state index is -4.43. The zero-order chi connectivity index (χ0) is 28.2. The first-order chi connectivity index (χ1) is 17.2. The molecular formula is C23H27O13P. The van der Waals surface area contributed by atoms with Crippen molar-refractivity contribution in [2.24, 2.45) is 0 Å². The minimum absolute atomic E-state index is 0.147. The van der Waals surface area contributed by atoms with E-state index in [0.29, 0.717) is 0 Å². The van der Waals surface area contributed by atoms with Crippen molar-refractivity contribution in [3.05, 3.63) is 59.2 Å². The normalized spacial score (nSPS) is 10.6. The van der Waals surface area contributed by atoms with Gasteiger partial charge < -0.3 is 33.5 Å². The SMILES string of the molecule is C=C(C)C(=O)OCCOC(=O)c1cc(C(=O)OCCOC(=O)C(=C)C)cc(C(=O)OCCP(=O)(O)O)c1. The molecular weight excluding hydrogens is 515 g/mol. The molecule has 1 aromatic carbocycles. The van der Waals surface area contributed by atoms with E-state index in [4.69, 9.17) is 33.5 Å². The Labute approximate surface area is 212 Å². The van der Waals surface area contributed by atoms with Gasteiger partial charge in [-0.25, -0.2) is 24.0 Å². The van der Waals surface area contributed by atoms with Gasteiger partial charge in [-0.3, -0.25) is 4.57 Å². The van der Waals surface area contributed by atoms with E-state index in [1.807, 2.05) is 0 Å². The van der Waals surface area contributed by atoms with Gasteiger partial charge in [-0.2, -0.15) is 0 Å². The molecule has 14 heteroatoms. The number of hydrogen-bond acceptors (Lipinski definition) is 11. The fraction of sp³-hybridized carbons (Fsp3) is 0.348. The predicted octanol–water partition coefficient (Wildman–Crippen LogP) is 1.57. The van der Waals surface area contributed by atoms with Gasteiger partial charge in [0, 0.05) is 11.1 Å². The number of carbonyl (C=O) groups excluding carboxylic acids is 5. The van der Waals surface area contributed by atoms with Crippen molar-refractivity contribution in [1.82, 2.24) is 0 Å². The van der Waals surface area contributed by atoms with Crippen LogP contribution >= 0.6 is 7.60 Å². The molecule has 2 N–H and O–H groups in total. The first-order valence-electron chi connectivity index (χ1n) is 10.6. The summed E-state index contributed by atoms with van der Waals surface area (Å²) in [7, 11) is -4.43. The number of esters is 5. The highest BCUT2D eigenvalue weighted by molar-refractivity contribution is 7.51. The Morgan fingerprint density at radius 3 is 1.24 bits per heavy atom. The molecule has 0 atom stereocenters. The Bertz CT molecular complexity index is 1050. The summed E-state index contributed by atoms with van der Waals surface area (Å²) in [4.78, 5) is 77.8. The van der Waals surface area contributed by atoms with Crippen molar-refractivity contribution in [3.8, 4) is 0 Å². The van der Waals surface area contributed by atoms with Crippen molar-refractivity contribution < 1.29 is 62.0 Å². The van der Waals surface area contributed by atoms with Gasteiger partial charge in [-0.05, 0) is 32.0 Å². The lowest BCUT2D eigenvalue weighted by atomic mass is 10.1. The third kappa shape index (κ3) is 12.1. The first-order valence-corrected chi connectivity index (χ1v) is 12.4. The second-order valence-electron chi connectivity index (χ2n) is 7.43. The highest BCUT2D eigenvalue weighted by Gasteiger charge is 2.20. The third-order valence-electron chi connectivity index (χ3n) is 4.05. The quantitative estimate of drug-likeness (QED) is 0.113. The van der Waals surface area contributed by atoms with Gasteiger partial charge in [0.05, 0.1) is 22.9 Å². The van der Waals surface area contributed by atoms with Crippen LogP contribution in [0.1, 0.15) is 44.9 Å². The van der Waals surface area contributed by atoms with Gasteiger partial charge in [0.25, 0.3) is 0 Å². The largest absolute Gasteiger partial charge is 0.461 e. The molecule has 202 valence electrons. The first kappa shape index (κ1) is 31.2. The van der Waals surface area contributed by atoms with Gasteiger partial charge in [-0.15, -0.1) is 0 Å². The lowest BCUT2D eigenvalue weighted by Crippen LogP contribution is -2.18. The predicted molar refractivity (Wildman–Crippen MR) is 126 cm³/mol. The molecule has 13 nitrogen and oxygen atoms in total. The number of carbonyl (C=O) groups is 5. The zero-order valence-corrected chi connectivity index (χ0v) is 21.1. The maximum Gasteiger partial charge on any atom is 0.338 e. The van der Waals surface area contributed by atoms with E-state index in [0.717, 1.165) is 18.2 Å². The van der Waals surface area contributed by atoms with E-state index in [9.17, 15) is 28.5 Å². The van der Waals surface area contributed by atoms with E-state index >= 15 is 0 Å². The highest BCUT2D eigenvalue weighted by Crippen LogP contribution is 2.33. The lowest BCUT2D eigenvalue weighted by Gasteiger charge is -2.11. The van der Waals surface area contributed by atoms with Crippen molar-refractivity contribution in [2.45, 2.75) is 13.8 Å². The average Bonchev–Trinajstić information content (AvgIpc) is 2.82. The number of hydrogen-bond donors (Lipinski definition) is 2. The van der Waals surface area contributed by atoms with Crippen LogP contribution in [-0.2, 0) is 37.8 Å². The Morgan fingerprint density at radius 2 is 0.946 bits per heavy atom. The van der Waals surface area contributed by atoms with Gasteiger partial charge in [0.1, 0.15) is 33.0 Å². The molecule has 0 radical (unpaired) electrons. The summed E-state index contributed by atoms with van der Waals surface area (Å²) in [5.74, 6) is -4.42. The summed E-state index contributed by atoms with van der Waals surface area (Å²) in [6.07, 6.45) is -0.735. The van der Waals surface area contributed by atoms with Gasteiger partial charge in [0.2, 0.25) is 0 Å². The minimum Gasteiger partial charge on any atom is -0.461 e. The number of rotatable bonds is 14. The molecule has 0 aromatic heterocycles. The Balaban J connectivity index is 2.97. The van der Waals surface area contributed by atoms with Crippen molar-refractivity contribution in [2.75, 3.05) is 39.2 Å². The second-order valence-corrected chi connectivity index (χ2v) is 9.20. The summed E-state index contributed by atoms with van der Waals surface area (Å²) >= 11 is 0. The zero-order valence-electron chi connectivity index (χ0n) is 20.2. The molecule has 0 fully saturated rings. The molecule has 0 saturated heterocycles. The standard InChI is InChI=1S/C23H27O13P/c1-14(2)19(24)32-5-7-34-21(26)16-11-17(22(27)35-8-6-33-20(25)15(3)4)13-18(12-16)23(28)36-9-10-37(29,30)31/h11-13H,1,3,5-10H2,2,4H3,(H2,29,30,31). The molecule has 0 saturated carbocycles. The maximum atomic E-state index is 12.5. The van der Waals surface area contributed by atoms with Crippen molar-refractivity contribution in [1.29, 1.82) is 0 Å². The number of benzene rings is 1. The summed E-state index contributed by atoms with van der Waals surface area (Å²) in [6.45, 7) is 7.81. The van der Waals surface area contributed by atoms with Gasteiger partial charge in [-0.1, -0.05) is 13.2 Å². The monoisotopic (exact) mass is 542 g/mol. The van der Waals surface area contributed by atoms with Crippen LogP contribution in [0, 0.1) is 0 Å². The molecule has 0 amide bonds. The second kappa shape index (κ2) is 14.7. The molecule has 0 spiro atoms. The third-order valence-corrected chi connectivity index (χ3v) is 4.82. The molecule has 0 aliphatic heterocycles. The van der Waals surface area contributed by atoms with Crippen molar-refractivity contribution in [3.63, 3.8) is 0 Å². The van der Waals surface area contributed by atoms with Crippen LogP contribution < -0.4 is 0 Å². The fourth-order valence-corrected chi connectivity index (χ4v) is 2.60. The van der Waals surface area contributed by atoms with Gasteiger partial charge >= 0.3 is 37.4 Å². The van der Waals surface area contributed by atoms with E-state index in [2.05, 4.69) is 13.2 Å². The highest BCUT2D eigenvalue weighted by atomic mass is 31.2. The molecule has 0 aliphatic rings. The van der Waals surface area contributed by atoms with Crippen LogP contribution in [0.25, 0.3) is 0 Å². The lowest BCUT2D eigenvalue weighted by molar-refractivity contribution is -0.140. The van der Waals surface area contributed by atoms with Crippen LogP contribution in [-0.4, -0.2) is 78.8 Å². The van der Waals surface area contributed by atoms with E-state index < -0.39 is 50.2 Å². The average molecular weight is 542 g/mol. The summed E-state index contributed by atoms with van der Waals surface area (Å²) < 4.78 is 35.3. The molecule has 0 bridgehead atoms. The molecule has 1 rings (SSSR count). The Kier molecular flexibility index (Phi) is 12.4. The maximum absolute atomic E-state index is 12.5. The molecule has 1 aromatic rings. The van der Waals surface area contributed by atoms with Crippen LogP contribution in [0.15, 0.2) is 42.5 Å². The van der Waals surface area contributed by atoms with E-state index in [-0.39, 0.29) is 54.3 Å². The summed E-state index contributed by atoms with van der Waals surface area (Å²) in [6, 6.07) is 3.14. The van der Waals surface area contributed by atoms with E-state index in [1.54, 1.807) is 0 Å². The van der Waals surface area contributed by atoms with Crippen LogP contribution in [0.5, 0.6) is 0 Å². The van der Waals surface area contributed by atoms with Crippen LogP contribution in [0.2, 0.25) is 0 Å². The van der Waals surface area contributed by atoms with Crippen LogP contribution in [0.3, 0.4) is 0 Å². The smallest absolute Gasteiger partial charge is 0.338 e. The fourth-order valence-electron chi connectivity index (χ4n) is 2.27. The molecule has 0 unspecified atom stereocenters.